The monoisotopic (exact) mass is 353 g/mol. The van der Waals surface area contributed by atoms with Crippen LogP contribution >= 0.6 is 0 Å². The van der Waals surface area contributed by atoms with Gasteiger partial charge in [-0.3, -0.25) is 4.79 Å². The average molecular weight is 353 g/mol. The zero-order valence-electron chi connectivity index (χ0n) is 14.3. The number of oxazole rings is 1. The molecule has 27 heavy (non-hydrogen) atoms. The summed E-state index contributed by atoms with van der Waals surface area (Å²) in [4.78, 5) is 16.1. The fourth-order valence-corrected chi connectivity index (χ4v) is 2.84. The van der Waals surface area contributed by atoms with Crippen LogP contribution in [0.2, 0.25) is 0 Å². The molecule has 0 spiro atoms. The Kier molecular flexibility index (Phi) is 4.38. The summed E-state index contributed by atoms with van der Waals surface area (Å²) in [6.07, 6.45) is -0.185. The molecule has 1 aromatic heterocycles. The fourth-order valence-electron chi connectivity index (χ4n) is 2.84. The second kappa shape index (κ2) is 7.14. The Morgan fingerprint density at radius 2 is 1.67 bits per heavy atom. The Morgan fingerprint density at radius 3 is 2.41 bits per heavy atom. The second-order valence-corrected chi connectivity index (χ2v) is 6.03. The van der Waals surface area contributed by atoms with Gasteiger partial charge in [-0.05, 0) is 41.5 Å². The summed E-state index contributed by atoms with van der Waals surface area (Å²) >= 11 is 0. The number of anilines is 1. The molecule has 5 nitrogen and oxygen atoms in total. The first-order valence-corrected chi connectivity index (χ1v) is 8.46. The fraction of sp³-hybridized carbons (Fsp3) is 0.0455. The van der Waals surface area contributed by atoms with Crippen molar-refractivity contribution in [2.75, 3.05) is 5.32 Å². The number of nitrogens with one attached hydrogen (secondary N) is 1. The summed E-state index contributed by atoms with van der Waals surface area (Å²) in [6, 6.07) is 25.2. The molecule has 0 saturated carbocycles. The highest BCUT2D eigenvalue weighted by Gasteiger charge is 2.10. The second-order valence-electron chi connectivity index (χ2n) is 6.03. The van der Waals surface area contributed by atoms with Crippen molar-refractivity contribution >= 4 is 22.7 Å². The molecular formula is C22H15N3O2. The summed E-state index contributed by atoms with van der Waals surface area (Å²) in [5, 5.41) is 11.2. The van der Waals surface area contributed by atoms with Crippen LogP contribution in [-0.2, 0) is 4.79 Å². The Bertz CT molecular complexity index is 1140. The summed E-state index contributed by atoms with van der Waals surface area (Å²) in [5.74, 6) is 0.169. The van der Waals surface area contributed by atoms with E-state index in [0.717, 1.165) is 16.7 Å². The van der Waals surface area contributed by atoms with Gasteiger partial charge in [0.25, 0.3) is 0 Å². The van der Waals surface area contributed by atoms with Crippen molar-refractivity contribution in [1.29, 1.82) is 5.26 Å². The van der Waals surface area contributed by atoms with Gasteiger partial charge in [0, 0.05) is 11.3 Å². The molecule has 0 unspecified atom stereocenters. The van der Waals surface area contributed by atoms with Crippen LogP contribution in [0.5, 0.6) is 0 Å². The molecule has 0 fully saturated rings. The Hall–Kier alpha value is -3.91. The van der Waals surface area contributed by atoms with E-state index in [-0.39, 0.29) is 12.3 Å². The molecule has 0 aliphatic heterocycles. The third kappa shape index (κ3) is 3.55. The van der Waals surface area contributed by atoms with E-state index in [0.29, 0.717) is 22.7 Å². The maximum atomic E-state index is 11.5. The number of hydrogen-bond donors (Lipinski definition) is 1. The van der Waals surface area contributed by atoms with E-state index in [1.807, 2.05) is 48.5 Å². The predicted octanol–water partition coefficient (Wildman–Crippen LogP) is 5.01. The molecule has 1 amide bonds. The normalized spacial score (nSPS) is 10.5. The number of nitriles is 1. The van der Waals surface area contributed by atoms with Crippen molar-refractivity contribution < 1.29 is 9.21 Å². The SMILES string of the molecule is N#CCC(=O)Nc1ccc2oc(-c3ccc(-c4ccccc4)cc3)nc2c1. The van der Waals surface area contributed by atoms with Crippen molar-refractivity contribution in [3.8, 4) is 28.7 Å². The predicted molar refractivity (Wildman–Crippen MR) is 104 cm³/mol. The molecule has 4 rings (SSSR count). The molecule has 0 aliphatic rings. The number of carbonyl (C=O) groups is 1. The number of carbonyl (C=O) groups excluding carboxylic acids is 1. The first-order chi connectivity index (χ1) is 13.2. The van der Waals surface area contributed by atoms with Gasteiger partial charge in [-0.25, -0.2) is 4.98 Å². The highest BCUT2D eigenvalue weighted by Crippen LogP contribution is 2.28. The minimum absolute atomic E-state index is 0.185. The molecule has 1 heterocycles. The third-order valence-corrected chi connectivity index (χ3v) is 4.15. The van der Waals surface area contributed by atoms with E-state index < -0.39 is 0 Å². The lowest BCUT2D eigenvalue weighted by molar-refractivity contribution is -0.115. The molecule has 3 aromatic carbocycles. The van der Waals surface area contributed by atoms with Gasteiger partial charge in [0.1, 0.15) is 11.9 Å². The van der Waals surface area contributed by atoms with Crippen molar-refractivity contribution in [2.24, 2.45) is 0 Å². The number of nitrogens with zero attached hydrogens (tertiary/aromatic N) is 2. The number of fused-ring (bicyclic) bond motifs is 1. The van der Waals surface area contributed by atoms with Crippen LogP contribution in [0.25, 0.3) is 33.7 Å². The Morgan fingerprint density at radius 1 is 0.963 bits per heavy atom. The van der Waals surface area contributed by atoms with E-state index in [1.165, 1.54) is 0 Å². The maximum absolute atomic E-state index is 11.5. The summed E-state index contributed by atoms with van der Waals surface area (Å²) in [6.45, 7) is 0. The number of hydrogen-bond acceptors (Lipinski definition) is 4. The summed E-state index contributed by atoms with van der Waals surface area (Å²) in [5.41, 5.74) is 5.02. The van der Waals surface area contributed by atoms with Crippen LogP contribution in [0, 0.1) is 11.3 Å². The van der Waals surface area contributed by atoms with E-state index in [1.54, 1.807) is 18.2 Å². The Labute approximate surface area is 155 Å². The lowest BCUT2D eigenvalue weighted by Gasteiger charge is -2.02. The van der Waals surface area contributed by atoms with E-state index in [9.17, 15) is 4.79 Å². The van der Waals surface area contributed by atoms with Gasteiger partial charge in [-0.1, -0.05) is 42.5 Å². The Balaban J connectivity index is 1.60. The van der Waals surface area contributed by atoms with Crippen LogP contribution in [-0.4, -0.2) is 10.9 Å². The molecule has 0 atom stereocenters. The standard InChI is InChI=1S/C22H15N3O2/c23-13-12-21(26)24-18-10-11-20-19(14-18)25-22(27-20)17-8-6-16(7-9-17)15-4-2-1-3-5-15/h1-11,14H,12H2,(H,24,26). The van der Waals surface area contributed by atoms with Gasteiger partial charge in [0.2, 0.25) is 11.8 Å². The van der Waals surface area contributed by atoms with E-state index in [2.05, 4.69) is 22.4 Å². The van der Waals surface area contributed by atoms with Gasteiger partial charge < -0.3 is 9.73 Å². The van der Waals surface area contributed by atoms with Crippen molar-refractivity contribution in [3.05, 3.63) is 72.8 Å². The molecule has 0 radical (unpaired) electrons. The zero-order valence-corrected chi connectivity index (χ0v) is 14.3. The molecule has 5 heteroatoms. The third-order valence-electron chi connectivity index (χ3n) is 4.15. The topological polar surface area (TPSA) is 78.9 Å². The van der Waals surface area contributed by atoms with Crippen LogP contribution < -0.4 is 5.32 Å². The number of benzene rings is 3. The van der Waals surface area contributed by atoms with Crippen LogP contribution in [0.4, 0.5) is 5.69 Å². The number of rotatable bonds is 4. The lowest BCUT2D eigenvalue weighted by Crippen LogP contribution is -2.09. The molecular weight excluding hydrogens is 338 g/mol. The molecule has 0 aliphatic carbocycles. The molecule has 0 saturated heterocycles. The van der Waals surface area contributed by atoms with Gasteiger partial charge in [0.15, 0.2) is 5.58 Å². The minimum Gasteiger partial charge on any atom is -0.436 e. The molecule has 1 N–H and O–H groups in total. The van der Waals surface area contributed by atoms with E-state index in [4.69, 9.17) is 9.68 Å². The zero-order chi connectivity index (χ0) is 18.6. The average Bonchev–Trinajstić information content (AvgIpc) is 3.12. The molecule has 4 aromatic rings. The van der Waals surface area contributed by atoms with Gasteiger partial charge in [0.05, 0.1) is 6.07 Å². The molecule has 130 valence electrons. The highest BCUT2D eigenvalue weighted by atomic mass is 16.3. The van der Waals surface area contributed by atoms with Gasteiger partial charge in [-0.15, -0.1) is 0 Å². The maximum Gasteiger partial charge on any atom is 0.238 e. The lowest BCUT2D eigenvalue weighted by atomic mass is 10.0. The van der Waals surface area contributed by atoms with Crippen LogP contribution in [0.1, 0.15) is 6.42 Å². The van der Waals surface area contributed by atoms with Crippen LogP contribution in [0.3, 0.4) is 0 Å². The van der Waals surface area contributed by atoms with E-state index >= 15 is 0 Å². The van der Waals surface area contributed by atoms with Crippen molar-refractivity contribution in [1.82, 2.24) is 4.98 Å². The number of amides is 1. The first-order valence-electron chi connectivity index (χ1n) is 8.46. The largest absolute Gasteiger partial charge is 0.436 e. The summed E-state index contributed by atoms with van der Waals surface area (Å²) in [7, 11) is 0. The smallest absolute Gasteiger partial charge is 0.238 e. The van der Waals surface area contributed by atoms with Crippen molar-refractivity contribution in [2.45, 2.75) is 6.42 Å². The minimum atomic E-state index is -0.350. The van der Waals surface area contributed by atoms with Gasteiger partial charge >= 0.3 is 0 Å². The first kappa shape index (κ1) is 16.6. The van der Waals surface area contributed by atoms with Crippen molar-refractivity contribution in [3.63, 3.8) is 0 Å². The quantitative estimate of drug-likeness (QED) is 0.559. The number of aromatic nitrogens is 1. The summed E-state index contributed by atoms with van der Waals surface area (Å²) < 4.78 is 5.83. The highest BCUT2D eigenvalue weighted by molar-refractivity contribution is 5.94. The van der Waals surface area contributed by atoms with Gasteiger partial charge in [-0.2, -0.15) is 5.26 Å². The van der Waals surface area contributed by atoms with Crippen LogP contribution in [0.15, 0.2) is 77.2 Å². The molecule has 0 bridgehead atoms.